The van der Waals surface area contributed by atoms with E-state index in [1.54, 1.807) is 4.90 Å². The topological polar surface area (TPSA) is 3.24 Å². The molecule has 2 rings (SSSR count). The molecule has 0 radical (unpaired) electrons. The molecule has 1 aromatic carbocycles. The van der Waals surface area contributed by atoms with Crippen LogP contribution in [0.5, 0.6) is 0 Å². The zero-order valence-corrected chi connectivity index (χ0v) is 10.5. The molecule has 1 atom stereocenters. The monoisotopic (exact) mass is 289 g/mol. The smallest absolute Gasteiger partial charge is 0.261 e. The molecular weight excluding hydrogens is 276 g/mol. The Morgan fingerprint density at radius 2 is 2.00 bits per heavy atom. The van der Waals surface area contributed by atoms with Crippen molar-refractivity contribution in [2.24, 2.45) is 0 Å². The Morgan fingerprint density at radius 1 is 1.31 bits per heavy atom. The fourth-order valence-corrected chi connectivity index (χ4v) is 2.97. The summed E-state index contributed by atoms with van der Waals surface area (Å²) < 4.78 is 26.7. The summed E-state index contributed by atoms with van der Waals surface area (Å²) in [6.45, 7) is 1.15. The Bertz CT molecular complexity index is 342. The van der Waals surface area contributed by atoms with Gasteiger partial charge in [-0.25, -0.2) is 8.78 Å². The average Bonchev–Trinajstić information content (AvgIpc) is 2.15. The lowest BCUT2D eigenvalue weighted by Gasteiger charge is -2.35. The van der Waals surface area contributed by atoms with E-state index in [4.69, 9.17) is 0 Å². The van der Waals surface area contributed by atoms with E-state index in [0.717, 1.165) is 5.56 Å². The van der Waals surface area contributed by atoms with Gasteiger partial charge in [-0.1, -0.05) is 46.3 Å². The molecule has 0 aliphatic carbocycles. The van der Waals surface area contributed by atoms with E-state index < -0.39 is 5.92 Å². The molecule has 4 heteroatoms. The first-order valence-corrected chi connectivity index (χ1v) is 6.25. The molecule has 1 aromatic rings. The number of benzene rings is 1. The van der Waals surface area contributed by atoms with Gasteiger partial charge in [-0.05, 0) is 5.56 Å². The van der Waals surface area contributed by atoms with Gasteiger partial charge in [0.15, 0.2) is 0 Å². The summed E-state index contributed by atoms with van der Waals surface area (Å²) in [5.74, 6) is -2.57. The van der Waals surface area contributed by atoms with Crippen molar-refractivity contribution in [2.45, 2.75) is 23.7 Å². The molecule has 88 valence electrons. The van der Waals surface area contributed by atoms with E-state index in [2.05, 4.69) is 15.9 Å². The minimum atomic E-state index is -2.57. The van der Waals surface area contributed by atoms with Crippen LogP contribution in [0.3, 0.4) is 0 Å². The molecule has 0 amide bonds. The summed E-state index contributed by atoms with van der Waals surface area (Å²) >= 11 is 3.30. The third-order valence-corrected chi connectivity index (χ3v) is 3.29. The molecule has 1 aliphatic heterocycles. The Morgan fingerprint density at radius 3 is 2.62 bits per heavy atom. The quantitative estimate of drug-likeness (QED) is 0.755. The summed E-state index contributed by atoms with van der Waals surface area (Å²) in [5.41, 5.74) is 1.08. The number of halogens is 3. The summed E-state index contributed by atoms with van der Waals surface area (Å²) in [6.07, 6.45) is -0.0573. The number of alkyl halides is 3. The van der Waals surface area contributed by atoms with E-state index in [1.165, 1.54) is 0 Å². The first-order valence-electron chi connectivity index (χ1n) is 5.33. The van der Waals surface area contributed by atoms with Gasteiger partial charge < -0.3 is 0 Å². The number of hydrogen-bond acceptors (Lipinski definition) is 1. The van der Waals surface area contributed by atoms with E-state index in [9.17, 15) is 8.78 Å². The maximum atomic E-state index is 13.3. The molecule has 1 saturated heterocycles. The molecule has 0 bridgehead atoms. The highest BCUT2D eigenvalue weighted by Gasteiger charge is 2.39. The summed E-state index contributed by atoms with van der Waals surface area (Å²) in [7, 11) is 0. The Balaban J connectivity index is 2.00. The minimum absolute atomic E-state index is 0.0573. The summed E-state index contributed by atoms with van der Waals surface area (Å²) in [4.78, 5) is 1.69. The van der Waals surface area contributed by atoms with E-state index in [1.807, 2.05) is 30.3 Å². The molecule has 1 unspecified atom stereocenters. The van der Waals surface area contributed by atoms with Gasteiger partial charge >= 0.3 is 0 Å². The first-order chi connectivity index (χ1) is 7.55. The number of nitrogens with zero attached hydrogens (tertiary/aromatic N) is 1. The fraction of sp³-hybridized carbons (Fsp3) is 0.500. The molecule has 0 saturated carbocycles. The van der Waals surface area contributed by atoms with Crippen LogP contribution >= 0.6 is 15.9 Å². The highest BCUT2D eigenvalue weighted by molar-refractivity contribution is 9.09. The van der Waals surface area contributed by atoms with Gasteiger partial charge in [-0.3, -0.25) is 4.90 Å². The van der Waals surface area contributed by atoms with Gasteiger partial charge in [0.25, 0.3) is 5.92 Å². The predicted octanol–water partition coefficient (Wildman–Crippen LogP) is 3.29. The van der Waals surface area contributed by atoms with Gasteiger partial charge in [-0.2, -0.15) is 0 Å². The van der Waals surface area contributed by atoms with Gasteiger partial charge in [-0.15, -0.1) is 0 Å². The zero-order valence-electron chi connectivity index (χ0n) is 8.87. The van der Waals surface area contributed by atoms with Crippen molar-refractivity contribution in [3.63, 3.8) is 0 Å². The largest absolute Gasteiger partial charge is 0.292 e. The maximum Gasteiger partial charge on any atom is 0.261 e. The summed E-state index contributed by atoms with van der Waals surface area (Å²) in [6, 6.07) is 9.74. The van der Waals surface area contributed by atoms with Gasteiger partial charge in [0.2, 0.25) is 0 Å². The van der Waals surface area contributed by atoms with Crippen LogP contribution in [0.4, 0.5) is 8.78 Å². The predicted molar refractivity (Wildman–Crippen MR) is 64.0 cm³/mol. The van der Waals surface area contributed by atoms with Crippen LogP contribution in [0, 0.1) is 0 Å². The fourth-order valence-electron chi connectivity index (χ4n) is 2.09. The lowest BCUT2D eigenvalue weighted by atomic mass is 10.1. The van der Waals surface area contributed by atoms with Crippen LogP contribution in [-0.2, 0) is 6.54 Å². The Hall–Kier alpha value is -0.480. The molecule has 0 aromatic heterocycles. The molecule has 1 aliphatic rings. The SMILES string of the molecule is FC1(F)CC(Br)CN(Cc2ccccc2)C1. The second-order valence-corrected chi connectivity index (χ2v) is 5.61. The average molecular weight is 290 g/mol. The number of likely N-dealkylation sites (tertiary alicyclic amines) is 1. The van der Waals surface area contributed by atoms with Gasteiger partial charge in [0.1, 0.15) is 0 Å². The highest BCUT2D eigenvalue weighted by atomic mass is 79.9. The molecule has 1 nitrogen and oxygen atoms in total. The second-order valence-electron chi connectivity index (χ2n) is 4.31. The van der Waals surface area contributed by atoms with Gasteiger partial charge in [0, 0.05) is 24.3 Å². The third-order valence-electron chi connectivity index (χ3n) is 2.68. The van der Waals surface area contributed by atoms with Crippen molar-refractivity contribution in [2.75, 3.05) is 13.1 Å². The van der Waals surface area contributed by atoms with Crippen molar-refractivity contribution in [1.82, 2.24) is 4.90 Å². The van der Waals surface area contributed by atoms with Crippen molar-refractivity contribution in [3.8, 4) is 0 Å². The van der Waals surface area contributed by atoms with Crippen molar-refractivity contribution in [3.05, 3.63) is 35.9 Å². The van der Waals surface area contributed by atoms with Crippen LogP contribution in [0.15, 0.2) is 30.3 Å². The Kier molecular flexibility index (Phi) is 3.60. The minimum Gasteiger partial charge on any atom is -0.292 e. The van der Waals surface area contributed by atoms with E-state index in [0.29, 0.717) is 13.1 Å². The van der Waals surface area contributed by atoms with Crippen molar-refractivity contribution < 1.29 is 8.78 Å². The van der Waals surface area contributed by atoms with E-state index in [-0.39, 0.29) is 17.8 Å². The zero-order chi connectivity index (χ0) is 11.6. The number of piperidine rings is 1. The normalized spacial score (nSPS) is 25.6. The number of rotatable bonds is 2. The van der Waals surface area contributed by atoms with Crippen LogP contribution in [0.25, 0.3) is 0 Å². The maximum absolute atomic E-state index is 13.3. The van der Waals surface area contributed by atoms with Crippen molar-refractivity contribution >= 4 is 15.9 Å². The molecule has 0 spiro atoms. The van der Waals surface area contributed by atoms with Gasteiger partial charge in [0.05, 0.1) is 6.54 Å². The van der Waals surface area contributed by atoms with Crippen LogP contribution < -0.4 is 0 Å². The van der Waals surface area contributed by atoms with E-state index >= 15 is 0 Å². The molecule has 1 heterocycles. The molecule has 0 N–H and O–H groups in total. The molecule has 16 heavy (non-hydrogen) atoms. The summed E-state index contributed by atoms with van der Waals surface area (Å²) in [5, 5.41) is 0. The number of hydrogen-bond donors (Lipinski definition) is 0. The van der Waals surface area contributed by atoms with Crippen LogP contribution in [-0.4, -0.2) is 28.7 Å². The Labute approximate surface area is 103 Å². The first kappa shape index (κ1) is 12.0. The third kappa shape index (κ3) is 3.25. The van der Waals surface area contributed by atoms with Crippen molar-refractivity contribution in [1.29, 1.82) is 0 Å². The lowest BCUT2D eigenvalue weighted by molar-refractivity contribution is -0.0627. The second kappa shape index (κ2) is 4.80. The standard InChI is InChI=1S/C12H14BrF2N/c13-11-6-12(14,15)9-16(8-11)7-10-4-2-1-3-5-10/h1-5,11H,6-9H2. The highest BCUT2D eigenvalue weighted by Crippen LogP contribution is 2.30. The molecule has 1 fully saturated rings. The lowest BCUT2D eigenvalue weighted by Crippen LogP contribution is -2.46. The van der Waals surface area contributed by atoms with Crippen LogP contribution in [0.2, 0.25) is 0 Å². The van der Waals surface area contributed by atoms with Crippen LogP contribution in [0.1, 0.15) is 12.0 Å². The molecular formula is C12H14BrF2N.